The molecule has 142 valence electrons. The first-order valence-corrected chi connectivity index (χ1v) is 10.1. The Balaban J connectivity index is 0.000000408. The van der Waals surface area contributed by atoms with Crippen LogP contribution in [-0.4, -0.2) is 11.1 Å². The third-order valence-electron chi connectivity index (χ3n) is 4.05. The van der Waals surface area contributed by atoms with Gasteiger partial charge in [-0.3, -0.25) is 4.79 Å². The van der Waals surface area contributed by atoms with Crippen LogP contribution >= 0.6 is 7.92 Å². The Morgan fingerprint density at radius 1 is 0.786 bits per heavy atom. The van der Waals surface area contributed by atoms with Crippen LogP contribution in [0.1, 0.15) is 5.56 Å². The average Bonchev–Trinajstić information content (AvgIpc) is 3.39. The third-order valence-corrected chi connectivity index (χ3v) is 6.59. The summed E-state index contributed by atoms with van der Waals surface area (Å²) in [6.07, 6.45) is 0.0703. The van der Waals surface area contributed by atoms with E-state index in [0.29, 0.717) is 0 Å². The number of carboxylic acids is 1. The van der Waals surface area contributed by atoms with E-state index in [1.807, 2.05) is 78.9 Å². The fourth-order valence-corrected chi connectivity index (χ4v) is 5.35. The molecule has 4 aromatic carbocycles. The van der Waals surface area contributed by atoms with Gasteiger partial charge in [0.05, 0.1) is 0 Å². The molecule has 0 bridgehead atoms. The Labute approximate surface area is 177 Å². The Morgan fingerprint density at radius 3 is 1.75 bits per heavy atom. The number of benzene rings is 2. The quantitative estimate of drug-likeness (QED) is 0.294. The minimum atomic E-state index is -0.788. The SMILES string of the molecule is O=C(O)Cc1cc[cH-]c1P(c1ccccc1)c1ccccc1.[Fe+2].c1cc[cH-]c1. The zero-order chi connectivity index (χ0) is 18.9. The molecule has 1 N–H and O–H groups in total. The van der Waals surface area contributed by atoms with Gasteiger partial charge in [0, 0.05) is 6.42 Å². The summed E-state index contributed by atoms with van der Waals surface area (Å²) in [4.78, 5) is 11.1. The molecule has 4 heteroatoms. The predicted octanol–water partition coefficient (Wildman–Crippen LogP) is 4.19. The van der Waals surface area contributed by atoms with Gasteiger partial charge in [-0.2, -0.15) is 35.9 Å². The first kappa shape index (κ1) is 21.9. The Hall–Kier alpha value is -2.44. The molecule has 0 aliphatic heterocycles. The Bertz CT molecular complexity index is 874. The second-order valence-electron chi connectivity index (χ2n) is 5.98. The molecule has 2 nitrogen and oxygen atoms in total. The Kier molecular flexibility index (Phi) is 8.91. The third kappa shape index (κ3) is 6.04. The molecule has 0 radical (unpaired) electrons. The minimum absolute atomic E-state index is 0. The van der Waals surface area contributed by atoms with Gasteiger partial charge in [-0.1, -0.05) is 60.7 Å². The molecule has 0 atom stereocenters. The molecule has 0 aromatic heterocycles. The molecule has 0 aliphatic carbocycles. The summed E-state index contributed by atoms with van der Waals surface area (Å²) < 4.78 is 0. The van der Waals surface area contributed by atoms with Gasteiger partial charge < -0.3 is 5.11 Å². The molecule has 0 spiro atoms. The van der Waals surface area contributed by atoms with Crippen molar-refractivity contribution in [3.05, 3.63) is 115 Å². The fraction of sp³-hybridized carbons (Fsp3) is 0.0417. The van der Waals surface area contributed by atoms with Crippen molar-refractivity contribution in [1.29, 1.82) is 0 Å². The molecular formula is C24H21FeO2P. The van der Waals surface area contributed by atoms with Crippen molar-refractivity contribution in [2.45, 2.75) is 6.42 Å². The monoisotopic (exact) mass is 428 g/mol. The van der Waals surface area contributed by atoms with Crippen molar-refractivity contribution in [2.75, 3.05) is 0 Å². The van der Waals surface area contributed by atoms with E-state index in [1.54, 1.807) is 0 Å². The molecular weight excluding hydrogens is 407 g/mol. The minimum Gasteiger partial charge on any atom is -0.482 e. The zero-order valence-corrected chi connectivity index (χ0v) is 17.3. The summed E-state index contributed by atoms with van der Waals surface area (Å²) in [6, 6.07) is 36.6. The number of aliphatic carboxylic acids is 1. The van der Waals surface area contributed by atoms with Crippen molar-refractivity contribution < 1.29 is 27.0 Å². The summed E-state index contributed by atoms with van der Waals surface area (Å²) in [7, 11) is -0.724. The second kappa shape index (κ2) is 11.4. The van der Waals surface area contributed by atoms with E-state index in [9.17, 15) is 4.79 Å². The first-order chi connectivity index (χ1) is 13.3. The number of carboxylic acid groups (broad SMARTS) is 1. The normalized spacial score (nSPS) is 9.89. The van der Waals surface area contributed by atoms with Gasteiger partial charge in [0.15, 0.2) is 0 Å². The van der Waals surface area contributed by atoms with Gasteiger partial charge in [0.25, 0.3) is 5.97 Å². The van der Waals surface area contributed by atoms with Crippen molar-refractivity contribution in [3.63, 3.8) is 0 Å². The maximum absolute atomic E-state index is 11.1. The summed E-state index contributed by atoms with van der Waals surface area (Å²) in [6.45, 7) is 0. The van der Waals surface area contributed by atoms with Crippen LogP contribution in [-0.2, 0) is 28.3 Å². The van der Waals surface area contributed by atoms with Gasteiger partial charge in [-0.15, -0.1) is 5.30 Å². The van der Waals surface area contributed by atoms with Crippen LogP contribution in [0.5, 0.6) is 0 Å². The van der Waals surface area contributed by atoms with Crippen LogP contribution in [0.2, 0.25) is 0 Å². The topological polar surface area (TPSA) is 37.3 Å². The van der Waals surface area contributed by atoms with Crippen LogP contribution in [0, 0.1) is 0 Å². The molecule has 0 fully saturated rings. The van der Waals surface area contributed by atoms with Crippen molar-refractivity contribution in [1.82, 2.24) is 0 Å². The molecule has 28 heavy (non-hydrogen) atoms. The number of rotatable bonds is 5. The second-order valence-corrected chi connectivity index (χ2v) is 8.16. The van der Waals surface area contributed by atoms with Crippen LogP contribution < -0.4 is 15.9 Å². The maximum atomic E-state index is 11.1. The van der Waals surface area contributed by atoms with Gasteiger partial charge in [0.1, 0.15) is 0 Å². The Morgan fingerprint density at radius 2 is 1.32 bits per heavy atom. The number of hydrogen-bond donors (Lipinski definition) is 1. The average molecular weight is 428 g/mol. The van der Waals surface area contributed by atoms with E-state index >= 15 is 0 Å². The molecule has 0 unspecified atom stereocenters. The van der Waals surface area contributed by atoms with E-state index in [4.69, 9.17) is 5.11 Å². The largest absolute Gasteiger partial charge is 2.00 e. The fourth-order valence-electron chi connectivity index (χ4n) is 2.88. The van der Waals surface area contributed by atoms with E-state index in [0.717, 1.165) is 10.9 Å². The van der Waals surface area contributed by atoms with E-state index < -0.39 is 13.9 Å². The van der Waals surface area contributed by atoms with E-state index in [-0.39, 0.29) is 23.5 Å². The zero-order valence-electron chi connectivity index (χ0n) is 15.3. The number of hydrogen-bond acceptors (Lipinski definition) is 1. The van der Waals surface area contributed by atoms with Crippen molar-refractivity contribution >= 4 is 29.8 Å². The van der Waals surface area contributed by atoms with Crippen LogP contribution in [0.3, 0.4) is 0 Å². The van der Waals surface area contributed by atoms with Gasteiger partial charge >= 0.3 is 17.1 Å². The smallest absolute Gasteiger partial charge is 0.482 e. The van der Waals surface area contributed by atoms with Crippen LogP contribution in [0.4, 0.5) is 0 Å². The van der Waals surface area contributed by atoms with Gasteiger partial charge in [-0.25, -0.2) is 18.2 Å². The molecule has 4 rings (SSSR count). The molecule has 0 aliphatic rings. The van der Waals surface area contributed by atoms with Crippen LogP contribution in [0.25, 0.3) is 0 Å². The summed E-state index contributed by atoms with van der Waals surface area (Å²) in [5.74, 6) is -0.788. The van der Waals surface area contributed by atoms with E-state index in [2.05, 4.69) is 30.3 Å². The van der Waals surface area contributed by atoms with Crippen molar-refractivity contribution in [2.24, 2.45) is 0 Å². The van der Waals surface area contributed by atoms with E-state index in [1.165, 1.54) is 10.6 Å². The molecule has 0 saturated carbocycles. The predicted molar refractivity (Wildman–Crippen MR) is 114 cm³/mol. The standard InChI is InChI=1S/C19H16O2P.C5H5.Fe/c20-19(21)14-15-8-7-13-18(15)22(16-9-3-1-4-10-16)17-11-5-2-6-12-17;1-2-4-5-3-1;/h1-13H,14H2,(H,20,21);1-5H;/q2*-1;+2. The van der Waals surface area contributed by atoms with Crippen molar-refractivity contribution in [3.8, 4) is 0 Å². The first-order valence-electron chi connectivity index (χ1n) is 8.79. The molecule has 4 aromatic rings. The summed E-state index contributed by atoms with van der Waals surface area (Å²) in [5, 5.41) is 12.7. The van der Waals surface area contributed by atoms with Gasteiger partial charge in [-0.05, 0) is 18.5 Å². The maximum Gasteiger partial charge on any atom is 2.00 e. The van der Waals surface area contributed by atoms with Gasteiger partial charge in [0.2, 0.25) is 0 Å². The van der Waals surface area contributed by atoms with Crippen LogP contribution in [0.15, 0.2) is 109 Å². The summed E-state index contributed by atoms with van der Waals surface area (Å²) >= 11 is 0. The summed E-state index contributed by atoms with van der Waals surface area (Å²) in [5.41, 5.74) is 0.909. The molecule has 0 saturated heterocycles. The molecule has 0 amide bonds. The molecule has 0 heterocycles. The number of carbonyl (C=O) groups is 1.